The Hall–Kier alpha value is -1.62. The van der Waals surface area contributed by atoms with Crippen molar-refractivity contribution < 1.29 is 0 Å². The van der Waals surface area contributed by atoms with Gasteiger partial charge >= 0.3 is 0 Å². The van der Waals surface area contributed by atoms with E-state index in [4.69, 9.17) is 4.98 Å². The molecule has 1 aromatic carbocycles. The predicted octanol–water partition coefficient (Wildman–Crippen LogP) is 4.75. The second-order valence-corrected chi connectivity index (χ2v) is 6.45. The molecule has 2 aromatic rings. The molecule has 0 aliphatic carbocycles. The lowest BCUT2D eigenvalue weighted by atomic mass is 10.0. The number of benzene rings is 1. The van der Waals surface area contributed by atoms with Crippen LogP contribution in [0, 0.1) is 0 Å². The second kappa shape index (κ2) is 7.09. The van der Waals surface area contributed by atoms with Gasteiger partial charge in [-0.3, -0.25) is 0 Å². The summed E-state index contributed by atoms with van der Waals surface area (Å²) in [6.07, 6.45) is 6.82. The smallest absolute Gasteiger partial charge is 0.229 e. The Kier molecular flexibility index (Phi) is 4.93. The van der Waals surface area contributed by atoms with Crippen molar-refractivity contribution in [2.45, 2.75) is 38.6 Å². The zero-order valence-corrected chi connectivity index (χ0v) is 14.4. The lowest BCUT2D eigenvalue weighted by molar-refractivity contribution is 0.447. The lowest BCUT2D eigenvalue weighted by Crippen LogP contribution is -2.39. The first-order valence-corrected chi connectivity index (χ1v) is 8.68. The number of aromatic nitrogens is 2. The quantitative estimate of drug-likeness (QED) is 0.853. The molecule has 0 spiro atoms. The van der Waals surface area contributed by atoms with Gasteiger partial charge in [-0.25, -0.2) is 4.98 Å². The van der Waals surface area contributed by atoms with Crippen LogP contribution in [0.15, 0.2) is 41.0 Å². The van der Waals surface area contributed by atoms with Gasteiger partial charge in [0.15, 0.2) is 0 Å². The van der Waals surface area contributed by atoms with Crippen LogP contribution in [0.3, 0.4) is 0 Å². The normalized spacial score (nSPS) is 18.3. The number of nitrogens with one attached hydrogen (secondary N) is 1. The Labute approximate surface area is 140 Å². The summed E-state index contributed by atoms with van der Waals surface area (Å²) in [4.78, 5) is 11.5. The van der Waals surface area contributed by atoms with Gasteiger partial charge in [0, 0.05) is 23.3 Å². The molecule has 1 fully saturated rings. The van der Waals surface area contributed by atoms with Crippen LogP contribution in [-0.4, -0.2) is 22.6 Å². The molecule has 3 rings (SSSR count). The highest BCUT2D eigenvalue weighted by molar-refractivity contribution is 9.10. The van der Waals surface area contributed by atoms with Crippen molar-refractivity contribution >= 4 is 33.4 Å². The molecule has 0 radical (unpaired) electrons. The third-order valence-corrected chi connectivity index (χ3v) is 4.85. The van der Waals surface area contributed by atoms with Crippen LogP contribution in [0.25, 0.3) is 0 Å². The molecule has 1 unspecified atom stereocenters. The summed E-state index contributed by atoms with van der Waals surface area (Å²) < 4.78 is 1.01. The highest BCUT2D eigenvalue weighted by atomic mass is 79.9. The van der Waals surface area contributed by atoms with Gasteiger partial charge < -0.3 is 10.2 Å². The number of hydrogen-bond acceptors (Lipinski definition) is 4. The minimum absolute atomic E-state index is 0.597. The van der Waals surface area contributed by atoms with Crippen molar-refractivity contribution in [3.63, 3.8) is 0 Å². The molecule has 1 aliphatic rings. The molecular formula is C17H21BrN4. The van der Waals surface area contributed by atoms with Gasteiger partial charge in [-0.2, -0.15) is 4.98 Å². The summed E-state index contributed by atoms with van der Waals surface area (Å²) in [6, 6.07) is 10.6. The zero-order chi connectivity index (χ0) is 15.4. The van der Waals surface area contributed by atoms with Crippen LogP contribution in [-0.2, 0) is 0 Å². The van der Waals surface area contributed by atoms with E-state index in [0.717, 1.165) is 28.9 Å². The number of nitrogens with zero attached hydrogens (tertiary/aromatic N) is 3. The Morgan fingerprint density at radius 3 is 2.95 bits per heavy atom. The summed E-state index contributed by atoms with van der Waals surface area (Å²) in [5, 5.41) is 3.29. The second-order valence-electron chi connectivity index (χ2n) is 5.59. The zero-order valence-electron chi connectivity index (χ0n) is 12.8. The van der Waals surface area contributed by atoms with Crippen molar-refractivity contribution in [2.75, 3.05) is 16.8 Å². The maximum Gasteiger partial charge on any atom is 0.229 e. The molecule has 116 valence electrons. The minimum atomic E-state index is 0.597. The van der Waals surface area contributed by atoms with E-state index in [9.17, 15) is 0 Å². The summed E-state index contributed by atoms with van der Waals surface area (Å²) in [7, 11) is 0. The molecule has 1 atom stereocenters. The van der Waals surface area contributed by atoms with E-state index in [1.807, 2.05) is 36.5 Å². The van der Waals surface area contributed by atoms with Crippen LogP contribution in [0.2, 0.25) is 0 Å². The van der Waals surface area contributed by atoms with E-state index in [1.54, 1.807) is 0 Å². The van der Waals surface area contributed by atoms with Gasteiger partial charge in [-0.05, 0) is 59.8 Å². The van der Waals surface area contributed by atoms with Crippen LogP contribution < -0.4 is 10.2 Å². The van der Waals surface area contributed by atoms with Crippen LogP contribution in [0.4, 0.5) is 17.5 Å². The van der Waals surface area contributed by atoms with E-state index >= 15 is 0 Å². The first-order valence-electron chi connectivity index (χ1n) is 7.89. The van der Waals surface area contributed by atoms with Crippen molar-refractivity contribution in [3.8, 4) is 0 Å². The molecule has 4 nitrogen and oxygen atoms in total. The maximum atomic E-state index is 4.71. The first kappa shape index (κ1) is 15.3. The van der Waals surface area contributed by atoms with Crippen molar-refractivity contribution in [3.05, 3.63) is 41.0 Å². The average Bonchev–Trinajstić information content (AvgIpc) is 2.57. The van der Waals surface area contributed by atoms with Gasteiger partial charge in [0.2, 0.25) is 5.95 Å². The van der Waals surface area contributed by atoms with Crippen molar-refractivity contribution in [2.24, 2.45) is 0 Å². The van der Waals surface area contributed by atoms with E-state index in [-0.39, 0.29) is 0 Å². The summed E-state index contributed by atoms with van der Waals surface area (Å²) >= 11 is 3.54. The molecule has 2 heterocycles. The standard InChI is InChI=1S/C17H21BrN4/c1-2-13-7-5-6-12-22(13)16-10-11-19-17(21-16)20-15-9-4-3-8-14(15)18/h3-4,8-11,13H,2,5-7,12H2,1H3,(H,19,20,21). The molecule has 1 N–H and O–H groups in total. The van der Waals surface area contributed by atoms with E-state index < -0.39 is 0 Å². The molecule has 0 amide bonds. The van der Waals surface area contributed by atoms with Gasteiger partial charge in [-0.1, -0.05) is 19.1 Å². The topological polar surface area (TPSA) is 41.1 Å². The Morgan fingerprint density at radius 2 is 2.14 bits per heavy atom. The third-order valence-electron chi connectivity index (χ3n) is 4.15. The molecule has 1 saturated heterocycles. The van der Waals surface area contributed by atoms with E-state index in [0.29, 0.717) is 12.0 Å². The van der Waals surface area contributed by atoms with E-state index in [1.165, 1.54) is 19.3 Å². The van der Waals surface area contributed by atoms with Gasteiger partial charge in [0.25, 0.3) is 0 Å². The molecular weight excluding hydrogens is 340 g/mol. The summed E-state index contributed by atoms with van der Waals surface area (Å²) in [6.45, 7) is 3.34. The molecule has 22 heavy (non-hydrogen) atoms. The summed E-state index contributed by atoms with van der Waals surface area (Å²) in [5.41, 5.74) is 0.977. The minimum Gasteiger partial charge on any atom is -0.353 e. The third kappa shape index (κ3) is 3.40. The van der Waals surface area contributed by atoms with Gasteiger partial charge in [0.1, 0.15) is 5.82 Å². The lowest BCUT2D eigenvalue weighted by Gasteiger charge is -2.36. The molecule has 5 heteroatoms. The van der Waals surface area contributed by atoms with Crippen molar-refractivity contribution in [1.82, 2.24) is 9.97 Å². The fraction of sp³-hybridized carbons (Fsp3) is 0.412. The highest BCUT2D eigenvalue weighted by Crippen LogP contribution is 2.27. The number of anilines is 3. The monoisotopic (exact) mass is 360 g/mol. The van der Waals surface area contributed by atoms with Crippen LogP contribution >= 0.6 is 15.9 Å². The number of rotatable bonds is 4. The largest absolute Gasteiger partial charge is 0.353 e. The maximum absolute atomic E-state index is 4.71. The number of halogens is 1. The predicted molar refractivity (Wildman–Crippen MR) is 94.7 cm³/mol. The fourth-order valence-corrected chi connectivity index (χ4v) is 3.36. The van der Waals surface area contributed by atoms with Crippen LogP contribution in [0.5, 0.6) is 0 Å². The number of piperidine rings is 1. The van der Waals surface area contributed by atoms with Crippen molar-refractivity contribution in [1.29, 1.82) is 0 Å². The van der Waals surface area contributed by atoms with Crippen LogP contribution in [0.1, 0.15) is 32.6 Å². The molecule has 1 aromatic heterocycles. The van der Waals surface area contributed by atoms with Gasteiger partial charge in [0.05, 0.1) is 5.69 Å². The van der Waals surface area contributed by atoms with Gasteiger partial charge in [-0.15, -0.1) is 0 Å². The average molecular weight is 361 g/mol. The molecule has 0 bridgehead atoms. The van der Waals surface area contributed by atoms with E-state index in [2.05, 4.69) is 38.1 Å². The number of hydrogen-bond donors (Lipinski definition) is 1. The Balaban J connectivity index is 1.82. The molecule has 1 aliphatic heterocycles. The SMILES string of the molecule is CCC1CCCCN1c1ccnc(Nc2ccccc2Br)n1. The Bertz CT molecular complexity index is 632. The highest BCUT2D eigenvalue weighted by Gasteiger charge is 2.22. The summed E-state index contributed by atoms with van der Waals surface area (Å²) in [5.74, 6) is 1.67. The molecule has 0 saturated carbocycles. The Morgan fingerprint density at radius 1 is 1.27 bits per heavy atom. The fourth-order valence-electron chi connectivity index (χ4n) is 2.98. The first-order chi connectivity index (χ1) is 10.8. The number of para-hydroxylation sites is 1.